The van der Waals surface area contributed by atoms with Crippen molar-refractivity contribution in [2.24, 2.45) is 0 Å². The summed E-state index contributed by atoms with van der Waals surface area (Å²) in [6, 6.07) is 10.3. The first-order valence-electron chi connectivity index (χ1n) is 7.81. The van der Waals surface area contributed by atoms with Gasteiger partial charge in [-0.3, -0.25) is 4.79 Å². The van der Waals surface area contributed by atoms with E-state index in [4.69, 9.17) is 6.42 Å². The van der Waals surface area contributed by atoms with Crippen LogP contribution >= 0.6 is 0 Å². The third kappa shape index (κ3) is 3.38. The molecule has 4 nitrogen and oxygen atoms in total. The molecule has 1 aromatic heterocycles. The predicted molar refractivity (Wildman–Crippen MR) is 91.2 cm³/mol. The lowest BCUT2D eigenvalue weighted by Crippen LogP contribution is -2.24. The summed E-state index contributed by atoms with van der Waals surface area (Å²) in [5.41, 5.74) is 1.05. The van der Waals surface area contributed by atoms with Gasteiger partial charge in [0.2, 0.25) is 0 Å². The Morgan fingerprint density at radius 1 is 1.29 bits per heavy atom. The highest BCUT2D eigenvalue weighted by Gasteiger charge is 2.45. The Morgan fingerprint density at radius 3 is 2.71 bits per heavy atom. The molecule has 3 rings (SSSR count). The van der Waals surface area contributed by atoms with Gasteiger partial charge in [-0.25, -0.2) is 9.37 Å². The number of amides is 1. The Kier molecular flexibility index (Phi) is 4.48. The van der Waals surface area contributed by atoms with Gasteiger partial charge >= 0.3 is 0 Å². The highest BCUT2D eigenvalue weighted by molar-refractivity contribution is 5.94. The SMILES string of the molecule is C#CCNC(=O)c1ccc(NCC2(c3ccccc3F)CC2)nc1. The molecule has 0 bridgehead atoms. The van der Waals surface area contributed by atoms with Gasteiger partial charge in [0.25, 0.3) is 5.91 Å². The minimum absolute atomic E-state index is 0.157. The number of nitrogens with one attached hydrogen (secondary N) is 2. The fraction of sp³-hybridized carbons (Fsp3) is 0.263. The standard InChI is InChI=1S/C19H18FN3O/c1-2-11-21-18(24)14-7-8-17(22-12-14)23-13-19(9-10-19)15-5-3-4-6-16(15)20/h1,3-8,12H,9-11,13H2,(H,21,24)(H,22,23). The summed E-state index contributed by atoms with van der Waals surface area (Å²) in [5, 5.41) is 5.83. The van der Waals surface area contributed by atoms with Crippen LogP contribution in [0.15, 0.2) is 42.6 Å². The molecule has 1 aliphatic carbocycles. The van der Waals surface area contributed by atoms with Gasteiger partial charge in [0, 0.05) is 18.2 Å². The van der Waals surface area contributed by atoms with Crippen molar-refractivity contribution >= 4 is 11.7 Å². The van der Waals surface area contributed by atoms with Gasteiger partial charge in [0.15, 0.2) is 0 Å². The molecule has 24 heavy (non-hydrogen) atoms. The molecule has 1 fully saturated rings. The van der Waals surface area contributed by atoms with Crippen molar-refractivity contribution in [3.05, 3.63) is 59.5 Å². The average Bonchev–Trinajstić information content (AvgIpc) is 3.40. The van der Waals surface area contributed by atoms with Gasteiger partial charge in [0.05, 0.1) is 12.1 Å². The molecular formula is C19H18FN3O. The molecule has 0 saturated heterocycles. The van der Waals surface area contributed by atoms with E-state index in [1.807, 2.05) is 12.1 Å². The Hall–Kier alpha value is -2.87. The van der Waals surface area contributed by atoms with Crippen molar-refractivity contribution in [2.45, 2.75) is 18.3 Å². The van der Waals surface area contributed by atoms with Gasteiger partial charge in [-0.1, -0.05) is 24.1 Å². The number of halogens is 1. The van der Waals surface area contributed by atoms with E-state index in [1.165, 1.54) is 12.3 Å². The van der Waals surface area contributed by atoms with Crippen LogP contribution in [0, 0.1) is 18.2 Å². The van der Waals surface area contributed by atoms with Crippen molar-refractivity contribution in [3.8, 4) is 12.3 Å². The summed E-state index contributed by atoms with van der Waals surface area (Å²) in [5.74, 6) is 2.59. The molecule has 0 unspecified atom stereocenters. The zero-order valence-electron chi connectivity index (χ0n) is 13.2. The van der Waals surface area contributed by atoms with E-state index in [1.54, 1.807) is 18.2 Å². The minimum atomic E-state index is -0.253. The number of pyridine rings is 1. The van der Waals surface area contributed by atoms with E-state index >= 15 is 0 Å². The number of hydrogen-bond donors (Lipinski definition) is 2. The topological polar surface area (TPSA) is 54.0 Å². The third-order valence-electron chi connectivity index (χ3n) is 4.28. The molecule has 1 heterocycles. The second kappa shape index (κ2) is 6.71. The van der Waals surface area contributed by atoms with E-state index in [9.17, 15) is 9.18 Å². The fourth-order valence-corrected chi connectivity index (χ4v) is 2.71. The van der Waals surface area contributed by atoms with Crippen LogP contribution in [0.5, 0.6) is 0 Å². The van der Waals surface area contributed by atoms with E-state index in [0.717, 1.165) is 18.4 Å². The first kappa shape index (κ1) is 16.0. The second-order valence-corrected chi connectivity index (χ2v) is 5.93. The van der Waals surface area contributed by atoms with Gasteiger partial charge in [0.1, 0.15) is 11.6 Å². The highest BCUT2D eigenvalue weighted by Crippen LogP contribution is 2.48. The van der Waals surface area contributed by atoms with Crippen LogP contribution in [0.2, 0.25) is 0 Å². The average molecular weight is 323 g/mol. The maximum atomic E-state index is 14.0. The van der Waals surface area contributed by atoms with E-state index in [2.05, 4.69) is 21.5 Å². The number of anilines is 1. The van der Waals surface area contributed by atoms with Crippen molar-refractivity contribution in [3.63, 3.8) is 0 Å². The van der Waals surface area contributed by atoms with Crippen LogP contribution in [0.3, 0.4) is 0 Å². The molecule has 0 radical (unpaired) electrons. The molecular weight excluding hydrogens is 305 g/mol. The van der Waals surface area contributed by atoms with Crippen LogP contribution < -0.4 is 10.6 Å². The quantitative estimate of drug-likeness (QED) is 0.804. The zero-order valence-corrected chi connectivity index (χ0v) is 13.2. The summed E-state index contributed by atoms with van der Waals surface area (Å²) >= 11 is 0. The second-order valence-electron chi connectivity index (χ2n) is 5.93. The molecule has 1 saturated carbocycles. The molecule has 2 N–H and O–H groups in total. The lowest BCUT2D eigenvalue weighted by molar-refractivity contribution is 0.0958. The molecule has 1 aromatic carbocycles. The molecule has 122 valence electrons. The number of carbonyl (C=O) groups excluding carboxylic acids is 1. The molecule has 0 spiro atoms. The molecule has 1 amide bonds. The van der Waals surface area contributed by atoms with Gasteiger partial charge in [-0.05, 0) is 36.6 Å². The summed E-state index contributed by atoms with van der Waals surface area (Å²) in [6.45, 7) is 0.799. The van der Waals surface area contributed by atoms with Gasteiger partial charge in [-0.2, -0.15) is 0 Å². The Balaban J connectivity index is 1.62. The van der Waals surface area contributed by atoms with Gasteiger partial charge in [-0.15, -0.1) is 6.42 Å². The smallest absolute Gasteiger partial charge is 0.253 e. The fourth-order valence-electron chi connectivity index (χ4n) is 2.71. The lowest BCUT2D eigenvalue weighted by atomic mass is 9.95. The first-order valence-corrected chi connectivity index (χ1v) is 7.81. The van der Waals surface area contributed by atoms with Crippen molar-refractivity contribution < 1.29 is 9.18 Å². The summed E-state index contributed by atoms with van der Waals surface area (Å²) in [4.78, 5) is 16.0. The van der Waals surface area contributed by atoms with Crippen LogP contribution in [0.1, 0.15) is 28.8 Å². The molecule has 5 heteroatoms. The molecule has 0 aliphatic heterocycles. The van der Waals surface area contributed by atoms with E-state index < -0.39 is 0 Å². The summed E-state index contributed by atoms with van der Waals surface area (Å²) < 4.78 is 14.0. The first-order chi connectivity index (χ1) is 11.6. The Bertz CT molecular complexity index is 776. The van der Waals surface area contributed by atoms with Crippen molar-refractivity contribution in [1.29, 1.82) is 0 Å². The monoisotopic (exact) mass is 323 g/mol. The Morgan fingerprint density at radius 2 is 2.08 bits per heavy atom. The van der Waals surface area contributed by atoms with Crippen LogP contribution in [-0.4, -0.2) is 24.0 Å². The minimum Gasteiger partial charge on any atom is -0.369 e. The zero-order chi connectivity index (χ0) is 17.0. The number of hydrogen-bond acceptors (Lipinski definition) is 3. The normalized spacial score (nSPS) is 14.5. The van der Waals surface area contributed by atoms with E-state index in [0.29, 0.717) is 17.9 Å². The van der Waals surface area contributed by atoms with Crippen LogP contribution in [0.4, 0.5) is 10.2 Å². The van der Waals surface area contributed by atoms with Gasteiger partial charge < -0.3 is 10.6 Å². The van der Waals surface area contributed by atoms with Crippen molar-refractivity contribution in [1.82, 2.24) is 10.3 Å². The number of aromatic nitrogens is 1. The third-order valence-corrected chi connectivity index (χ3v) is 4.28. The van der Waals surface area contributed by atoms with Crippen LogP contribution in [-0.2, 0) is 5.41 Å². The number of benzene rings is 1. The maximum absolute atomic E-state index is 14.0. The number of nitrogens with zero attached hydrogens (tertiary/aromatic N) is 1. The van der Waals surface area contributed by atoms with Crippen molar-refractivity contribution in [2.75, 3.05) is 18.4 Å². The van der Waals surface area contributed by atoms with Crippen LogP contribution in [0.25, 0.3) is 0 Å². The molecule has 0 atom stereocenters. The largest absolute Gasteiger partial charge is 0.369 e. The predicted octanol–water partition coefficient (Wildman–Crippen LogP) is 2.73. The number of terminal acetylenes is 1. The molecule has 1 aliphatic rings. The highest BCUT2D eigenvalue weighted by atomic mass is 19.1. The van der Waals surface area contributed by atoms with E-state index in [-0.39, 0.29) is 23.7 Å². The lowest BCUT2D eigenvalue weighted by Gasteiger charge is -2.17. The molecule has 2 aromatic rings. The number of carbonyl (C=O) groups is 1. The summed E-state index contributed by atoms with van der Waals surface area (Å²) in [6.07, 6.45) is 8.51. The maximum Gasteiger partial charge on any atom is 0.253 e. The summed E-state index contributed by atoms with van der Waals surface area (Å²) in [7, 11) is 0. The number of rotatable bonds is 6. The Labute approximate surface area is 140 Å².